The first-order valence-electron chi connectivity index (χ1n) is 7.37. The zero-order valence-corrected chi connectivity index (χ0v) is 12.3. The monoisotopic (exact) mass is 270 g/mol. The van der Waals surface area contributed by atoms with Gasteiger partial charge in [-0.3, -0.25) is 4.79 Å². The number of nitrogens with one attached hydrogen (secondary N) is 1. The van der Waals surface area contributed by atoms with Gasteiger partial charge in [-0.15, -0.1) is 0 Å². The molecule has 0 heterocycles. The second-order valence-corrected chi connectivity index (χ2v) is 5.86. The topological polar surface area (TPSA) is 52.9 Å². The molecule has 0 unspecified atom stereocenters. The minimum absolute atomic E-state index is 0.134. The van der Waals surface area contributed by atoms with E-state index in [-0.39, 0.29) is 5.91 Å². The molecule has 1 saturated carbocycles. The summed E-state index contributed by atoms with van der Waals surface area (Å²) in [7, 11) is 0. The van der Waals surface area contributed by atoms with Crippen molar-refractivity contribution in [2.45, 2.75) is 52.4 Å². The highest BCUT2D eigenvalue weighted by Gasteiger charge is 2.38. The van der Waals surface area contributed by atoms with E-state index in [4.69, 9.17) is 0 Å². The Kier molecular flexibility index (Phi) is 4.44. The third-order valence-corrected chi connectivity index (χ3v) is 4.37. The summed E-state index contributed by atoms with van der Waals surface area (Å²) >= 11 is 0. The van der Waals surface area contributed by atoms with Crippen LogP contribution in [0.25, 0.3) is 0 Å². The molecular formula is C17H22N2O. The van der Waals surface area contributed by atoms with Gasteiger partial charge in [-0.25, -0.2) is 0 Å². The van der Waals surface area contributed by atoms with Crippen molar-refractivity contribution in [3.8, 4) is 6.07 Å². The maximum atomic E-state index is 12.5. The Morgan fingerprint density at radius 3 is 2.35 bits per heavy atom. The summed E-state index contributed by atoms with van der Waals surface area (Å²) in [4.78, 5) is 12.5. The highest BCUT2D eigenvalue weighted by Crippen LogP contribution is 2.35. The zero-order valence-electron chi connectivity index (χ0n) is 12.3. The van der Waals surface area contributed by atoms with E-state index in [1.807, 2.05) is 32.0 Å². The SMILES string of the molecule is Cc1ccc(NC(=O)C2(C#N)CCCCCC2)cc1C. The lowest BCUT2D eigenvalue weighted by atomic mass is 9.81. The highest BCUT2D eigenvalue weighted by molar-refractivity contribution is 5.97. The summed E-state index contributed by atoms with van der Waals surface area (Å²) in [5, 5.41) is 12.4. The van der Waals surface area contributed by atoms with Gasteiger partial charge < -0.3 is 5.32 Å². The number of hydrogen-bond acceptors (Lipinski definition) is 2. The van der Waals surface area contributed by atoms with Crippen LogP contribution in [0, 0.1) is 30.6 Å². The van der Waals surface area contributed by atoms with E-state index < -0.39 is 5.41 Å². The molecule has 0 aromatic heterocycles. The zero-order chi connectivity index (χ0) is 14.6. The molecule has 0 atom stereocenters. The number of nitriles is 1. The Morgan fingerprint density at radius 1 is 1.15 bits per heavy atom. The first-order valence-corrected chi connectivity index (χ1v) is 7.37. The Labute approximate surface area is 121 Å². The maximum Gasteiger partial charge on any atom is 0.244 e. The van der Waals surface area contributed by atoms with Gasteiger partial charge in [0.2, 0.25) is 5.91 Å². The third-order valence-electron chi connectivity index (χ3n) is 4.37. The Balaban J connectivity index is 2.16. The highest BCUT2D eigenvalue weighted by atomic mass is 16.2. The van der Waals surface area contributed by atoms with Crippen molar-refractivity contribution in [3.63, 3.8) is 0 Å². The molecule has 1 fully saturated rings. The fraction of sp³-hybridized carbons (Fsp3) is 0.529. The average Bonchev–Trinajstić information content (AvgIpc) is 2.69. The van der Waals surface area contributed by atoms with E-state index in [9.17, 15) is 10.1 Å². The first kappa shape index (κ1) is 14.6. The quantitative estimate of drug-likeness (QED) is 0.822. The van der Waals surface area contributed by atoms with Crippen LogP contribution in [0.1, 0.15) is 49.7 Å². The molecule has 1 aromatic rings. The van der Waals surface area contributed by atoms with E-state index in [0.717, 1.165) is 36.9 Å². The molecule has 0 aliphatic heterocycles. The minimum atomic E-state index is -0.838. The number of anilines is 1. The van der Waals surface area contributed by atoms with Gasteiger partial charge in [0.1, 0.15) is 5.41 Å². The molecule has 1 N–H and O–H groups in total. The predicted molar refractivity (Wildman–Crippen MR) is 80.3 cm³/mol. The first-order chi connectivity index (χ1) is 9.57. The van der Waals surface area contributed by atoms with Crippen molar-refractivity contribution >= 4 is 11.6 Å². The van der Waals surface area contributed by atoms with E-state index in [2.05, 4.69) is 11.4 Å². The van der Waals surface area contributed by atoms with Crippen molar-refractivity contribution in [1.82, 2.24) is 0 Å². The lowest BCUT2D eigenvalue weighted by Gasteiger charge is -2.23. The van der Waals surface area contributed by atoms with Gasteiger partial charge in [0.25, 0.3) is 0 Å². The largest absolute Gasteiger partial charge is 0.325 e. The van der Waals surface area contributed by atoms with Gasteiger partial charge in [0.15, 0.2) is 0 Å². The Bertz CT molecular complexity index is 534. The molecule has 3 heteroatoms. The fourth-order valence-electron chi connectivity index (χ4n) is 2.79. The van der Waals surface area contributed by atoms with Gasteiger partial charge >= 0.3 is 0 Å². The van der Waals surface area contributed by atoms with E-state index in [1.165, 1.54) is 5.56 Å². The number of aryl methyl sites for hydroxylation is 2. The van der Waals surface area contributed by atoms with Crippen molar-refractivity contribution in [2.75, 3.05) is 5.32 Å². The van der Waals surface area contributed by atoms with Gasteiger partial charge in [0, 0.05) is 5.69 Å². The molecule has 1 aromatic carbocycles. The standard InChI is InChI=1S/C17H22N2O/c1-13-7-8-15(11-14(13)2)19-16(20)17(12-18)9-5-3-4-6-10-17/h7-8,11H,3-6,9-10H2,1-2H3,(H,19,20). The van der Waals surface area contributed by atoms with Crippen LogP contribution < -0.4 is 5.32 Å². The summed E-state index contributed by atoms with van der Waals surface area (Å²) in [6.07, 6.45) is 5.54. The van der Waals surface area contributed by atoms with E-state index >= 15 is 0 Å². The number of rotatable bonds is 2. The van der Waals surface area contributed by atoms with Crippen LogP contribution >= 0.6 is 0 Å². The molecule has 20 heavy (non-hydrogen) atoms. The molecule has 106 valence electrons. The van der Waals surface area contributed by atoms with Crippen LogP contribution in [-0.4, -0.2) is 5.91 Å². The number of carbonyl (C=O) groups excluding carboxylic acids is 1. The maximum absolute atomic E-state index is 12.5. The fourth-order valence-corrected chi connectivity index (χ4v) is 2.79. The number of amides is 1. The van der Waals surface area contributed by atoms with Gasteiger partial charge in [-0.1, -0.05) is 31.7 Å². The molecule has 0 spiro atoms. The minimum Gasteiger partial charge on any atom is -0.325 e. The molecule has 1 aliphatic rings. The second-order valence-electron chi connectivity index (χ2n) is 5.86. The average molecular weight is 270 g/mol. The van der Waals surface area contributed by atoms with Gasteiger partial charge in [-0.2, -0.15) is 5.26 Å². The molecule has 2 rings (SSSR count). The summed E-state index contributed by atoms with van der Waals surface area (Å²) in [5.74, 6) is -0.134. The normalized spacial score (nSPS) is 17.9. The van der Waals surface area contributed by atoms with Crippen LogP contribution in [0.3, 0.4) is 0 Å². The number of benzene rings is 1. The molecular weight excluding hydrogens is 248 g/mol. The molecule has 3 nitrogen and oxygen atoms in total. The number of hydrogen-bond donors (Lipinski definition) is 1. The van der Waals surface area contributed by atoms with Gasteiger partial charge in [0.05, 0.1) is 6.07 Å². The molecule has 0 saturated heterocycles. The number of carbonyl (C=O) groups is 1. The molecule has 1 aliphatic carbocycles. The lowest BCUT2D eigenvalue weighted by molar-refractivity contribution is -0.123. The molecule has 1 amide bonds. The van der Waals surface area contributed by atoms with Crippen molar-refractivity contribution in [1.29, 1.82) is 5.26 Å². The second kappa shape index (κ2) is 6.09. The van der Waals surface area contributed by atoms with Crippen LogP contribution in [0.4, 0.5) is 5.69 Å². The van der Waals surface area contributed by atoms with Crippen molar-refractivity contribution < 1.29 is 4.79 Å². The Hall–Kier alpha value is -1.82. The number of nitrogens with zero attached hydrogens (tertiary/aromatic N) is 1. The van der Waals surface area contributed by atoms with Crippen molar-refractivity contribution in [2.24, 2.45) is 5.41 Å². The summed E-state index contributed by atoms with van der Waals surface area (Å²) in [6.45, 7) is 4.07. The van der Waals surface area contributed by atoms with Crippen LogP contribution in [0.15, 0.2) is 18.2 Å². The third kappa shape index (κ3) is 3.01. The van der Waals surface area contributed by atoms with Gasteiger partial charge in [-0.05, 0) is 49.9 Å². The predicted octanol–water partition coefficient (Wildman–Crippen LogP) is 4.11. The molecule has 0 radical (unpaired) electrons. The van der Waals surface area contributed by atoms with Crippen molar-refractivity contribution in [3.05, 3.63) is 29.3 Å². The summed E-state index contributed by atoms with van der Waals surface area (Å²) in [6, 6.07) is 8.16. The van der Waals surface area contributed by atoms with E-state index in [1.54, 1.807) is 0 Å². The summed E-state index contributed by atoms with van der Waals surface area (Å²) in [5.41, 5.74) is 2.30. The smallest absolute Gasteiger partial charge is 0.244 e. The van der Waals surface area contributed by atoms with Crippen LogP contribution in [-0.2, 0) is 4.79 Å². The summed E-state index contributed by atoms with van der Waals surface area (Å²) < 4.78 is 0. The Morgan fingerprint density at radius 2 is 1.80 bits per heavy atom. The lowest BCUT2D eigenvalue weighted by Crippen LogP contribution is -2.34. The van der Waals surface area contributed by atoms with Crippen LogP contribution in [0.2, 0.25) is 0 Å². The van der Waals surface area contributed by atoms with E-state index in [0.29, 0.717) is 12.8 Å². The van der Waals surface area contributed by atoms with Crippen LogP contribution in [0.5, 0.6) is 0 Å². The molecule has 0 bridgehead atoms.